The Bertz CT molecular complexity index is 1790. The number of aromatic nitrogens is 4. The van der Waals surface area contributed by atoms with Gasteiger partial charge in [-0.1, -0.05) is 146 Å². The van der Waals surface area contributed by atoms with E-state index in [1.165, 1.54) is 43.0 Å². The van der Waals surface area contributed by atoms with Gasteiger partial charge in [0.2, 0.25) is 0 Å². The van der Waals surface area contributed by atoms with Gasteiger partial charge in [0.05, 0.1) is 21.7 Å². The predicted molar refractivity (Wildman–Crippen MR) is 247 cm³/mol. The fraction of sp³-hybridized carbons (Fsp3) is 0.0833. The minimum atomic E-state index is -0.487. The number of pyridine rings is 4. The van der Waals surface area contributed by atoms with Crippen molar-refractivity contribution < 1.29 is 34.8 Å². The summed E-state index contributed by atoms with van der Waals surface area (Å²) in [6.07, 6.45) is 12.1. The number of rotatable bonds is 14. The smallest absolute Gasteiger partial charge is 1.00 e. The molecule has 0 fully saturated rings. The van der Waals surface area contributed by atoms with Crippen LogP contribution in [-0.2, 0) is 22.4 Å². The van der Waals surface area contributed by atoms with E-state index in [1.54, 1.807) is 0 Å². The summed E-state index contributed by atoms with van der Waals surface area (Å²) in [4.78, 5) is 18.8. The first-order valence-corrected chi connectivity index (χ1v) is 24.9. The Kier molecular flexibility index (Phi) is 19.5. The molecular weight excluding hydrogens is 989 g/mol. The molecule has 0 aliphatic carbocycles. The fourth-order valence-corrected chi connectivity index (χ4v) is 16.6. The first kappa shape index (κ1) is 45.3. The molecule has 58 heavy (non-hydrogen) atoms. The van der Waals surface area contributed by atoms with E-state index in [1.807, 2.05) is 49.1 Å². The second-order valence-electron chi connectivity index (χ2n) is 12.7. The van der Waals surface area contributed by atoms with Crippen LogP contribution in [0.25, 0.3) is 0 Å². The summed E-state index contributed by atoms with van der Waals surface area (Å²) in [5.74, 6) is 0. The summed E-state index contributed by atoms with van der Waals surface area (Å²) >= 11 is 0. The minimum Gasteiger partial charge on any atom is -1.00 e. The van der Waals surface area contributed by atoms with Crippen molar-refractivity contribution in [3.63, 3.8) is 0 Å². The first-order chi connectivity index (χ1) is 27.8. The Morgan fingerprint density at radius 1 is 0.259 bits per heavy atom. The molecule has 4 aromatic carbocycles. The molecule has 0 saturated heterocycles. The van der Waals surface area contributed by atoms with E-state index in [2.05, 4.69) is 170 Å². The van der Waals surface area contributed by atoms with Gasteiger partial charge in [-0.3, -0.25) is 19.9 Å². The minimum absolute atomic E-state index is 0. The molecule has 4 atom stereocenters. The molecule has 0 saturated carbocycles. The molecule has 4 heterocycles. The molecular formula is C48H44AuClN4P4. The number of benzene rings is 4. The number of nitrogens with zero attached hydrogens (tertiary/aromatic N) is 4. The predicted octanol–water partition coefficient (Wildman–Crippen LogP) is 5.09. The van der Waals surface area contributed by atoms with Crippen LogP contribution in [0.15, 0.2) is 219 Å². The third kappa shape index (κ3) is 13.1. The molecule has 0 amide bonds. The van der Waals surface area contributed by atoms with Gasteiger partial charge in [0.1, 0.15) is 0 Å². The average Bonchev–Trinajstić information content (AvgIpc) is 3.29. The van der Waals surface area contributed by atoms with Crippen LogP contribution in [-0.4, -0.2) is 44.6 Å². The summed E-state index contributed by atoms with van der Waals surface area (Å²) in [6, 6.07) is 68.4. The molecule has 0 aliphatic rings. The van der Waals surface area contributed by atoms with Gasteiger partial charge < -0.3 is 12.4 Å². The van der Waals surface area contributed by atoms with Gasteiger partial charge in [0.15, 0.2) is 0 Å². The summed E-state index contributed by atoms with van der Waals surface area (Å²) < 4.78 is 0. The van der Waals surface area contributed by atoms with E-state index < -0.39 is 31.7 Å². The first-order valence-electron chi connectivity index (χ1n) is 18.8. The molecule has 8 rings (SSSR count). The molecule has 10 heteroatoms. The third-order valence-electron chi connectivity index (χ3n) is 9.07. The second kappa shape index (κ2) is 25.0. The second-order valence-corrected chi connectivity index (χ2v) is 21.8. The van der Waals surface area contributed by atoms with Gasteiger partial charge in [-0.2, -0.15) is 0 Å². The fourth-order valence-electron chi connectivity index (χ4n) is 6.39. The molecule has 0 N–H and O–H groups in total. The molecule has 0 radical (unpaired) electrons. The molecule has 294 valence electrons. The van der Waals surface area contributed by atoms with Gasteiger partial charge in [-0.25, -0.2) is 0 Å². The Hall–Kier alpha value is -3.77. The normalized spacial score (nSPS) is 12.6. The van der Waals surface area contributed by atoms with Gasteiger partial charge in [0, 0.05) is 24.8 Å². The standard InChI is InChI=1S/2C24H22N2P2.Au.ClH/c2*1-3-11-21(12-4-1)27(23-15-7-9-17-25-23)19-20-28(22-13-5-2-6-14-22)24-16-8-10-18-26-24;;/h2*1-18H,19-20H2;;1H/q;;+1;/p-1. The van der Waals surface area contributed by atoms with E-state index >= 15 is 0 Å². The largest absolute Gasteiger partial charge is 1.00 e. The van der Waals surface area contributed by atoms with E-state index in [-0.39, 0.29) is 34.8 Å². The van der Waals surface area contributed by atoms with Crippen molar-refractivity contribution in [1.82, 2.24) is 19.9 Å². The van der Waals surface area contributed by atoms with Gasteiger partial charge in [-0.05, 0) is 126 Å². The van der Waals surface area contributed by atoms with Crippen molar-refractivity contribution in [2.75, 3.05) is 24.6 Å². The molecule has 8 aromatic rings. The van der Waals surface area contributed by atoms with Crippen molar-refractivity contribution >= 4 is 74.6 Å². The topological polar surface area (TPSA) is 51.6 Å². The van der Waals surface area contributed by atoms with Crippen molar-refractivity contribution in [2.24, 2.45) is 0 Å². The van der Waals surface area contributed by atoms with Crippen LogP contribution in [0, 0.1) is 0 Å². The van der Waals surface area contributed by atoms with Crippen LogP contribution < -0.4 is 55.4 Å². The molecule has 0 bridgehead atoms. The molecule has 4 unspecified atom stereocenters. The average molecular weight is 1030 g/mol. The zero-order valence-corrected chi connectivity index (χ0v) is 38.4. The van der Waals surface area contributed by atoms with Crippen molar-refractivity contribution in [2.45, 2.75) is 0 Å². The van der Waals surface area contributed by atoms with Crippen LogP contribution in [0.3, 0.4) is 0 Å². The van der Waals surface area contributed by atoms with Gasteiger partial charge in [0.25, 0.3) is 0 Å². The van der Waals surface area contributed by atoms with E-state index in [4.69, 9.17) is 19.9 Å². The Balaban J connectivity index is 0.000000214. The van der Waals surface area contributed by atoms with Crippen LogP contribution in [0.1, 0.15) is 0 Å². The van der Waals surface area contributed by atoms with Gasteiger partial charge >= 0.3 is 22.4 Å². The number of hydrogen-bond donors (Lipinski definition) is 0. The maximum Gasteiger partial charge on any atom is 1.00 e. The SMILES string of the molecule is [Au+].[Cl-].c1ccc(P(CCP(c2ccccc2)c2ccccn2)c2ccccn2)cc1.c1ccc(P(CCP(c2ccccc2)c2ccccn2)c2ccccn2)cc1. The van der Waals surface area contributed by atoms with E-state index in [0.29, 0.717) is 0 Å². The van der Waals surface area contributed by atoms with Crippen LogP contribution in [0.4, 0.5) is 0 Å². The zero-order chi connectivity index (χ0) is 38.0. The van der Waals surface area contributed by atoms with Crippen molar-refractivity contribution in [3.05, 3.63) is 219 Å². The van der Waals surface area contributed by atoms with Crippen LogP contribution in [0.2, 0.25) is 0 Å². The maximum absolute atomic E-state index is 4.70. The Labute approximate surface area is 370 Å². The summed E-state index contributed by atoms with van der Waals surface area (Å²) in [7, 11) is -1.95. The number of hydrogen-bond acceptors (Lipinski definition) is 4. The molecule has 0 spiro atoms. The molecule has 4 nitrogen and oxygen atoms in total. The van der Waals surface area contributed by atoms with Gasteiger partial charge in [-0.15, -0.1) is 0 Å². The van der Waals surface area contributed by atoms with Crippen molar-refractivity contribution in [3.8, 4) is 0 Å². The monoisotopic (exact) mass is 1030 g/mol. The Morgan fingerprint density at radius 2 is 0.448 bits per heavy atom. The molecule has 4 aromatic heterocycles. The summed E-state index contributed by atoms with van der Waals surface area (Å²) in [5, 5.41) is 5.56. The van der Waals surface area contributed by atoms with Crippen molar-refractivity contribution in [1.29, 1.82) is 0 Å². The zero-order valence-electron chi connectivity index (χ0n) is 31.9. The summed E-state index contributed by atoms with van der Waals surface area (Å²) in [6.45, 7) is 0. The maximum atomic E-state index is 4.70. The van der Waals surface area contributed by atoms with Crippen LogP contribution in [0.5, 0.6) is 0 Å². The molecule has 0 aliphatic heterocycles. The van der Waals surface area contributed by atoms with E-state index in [9.17, 15) is 0 Å². The third-order valence-corrected chi connectivity index (χ3v) is 19.4. The van der Waals surface area contributed by atoms with Crippen LogP contribution >= 0.6 is 31.7 Å². The quantitative estimate of drug-likeness (QED) is 0.113. The summed E-state index contributed by atoms with van der Waals surface area (Å²) in [5.41, 5.74) is 4.81. The van der Waals surface area contributed by atoms with E-state index in [0.717, 1.165) is 24.6 Å². The number of halogens is 1. The Morgan fingerprint density at radius 3 is 0.621 bits per heavy atom.